The highest BCUT2D eigenvalue weighted by molar-refractivity contribution is 6.35. The lowest BCUT2D eigenvalue weighted by atomic mass is 9.99. The Bertz CT molecular complexity index is 1160. The Morgan fingerprint density at radius 2 is 1.57 bits per heavy atom. The van der Waals surface area contributed by atoms with Crippen LogP contribution in [0, 0.1) is 6.92 Å². The minimum atomic E-state index is -0.698. The van der Waals surface area contributed by atoms with E-state index in [2.05, 4.69) is 5.32 Å². The zero-order chi connectivity index (χ0) is 25.6. The molecule has 1 N–H and O–H groups in total. The standard InChI is InChI=1S/C29H32Cl2N2O2/c1-20-10-12-22(13-11-20)19-33(27(34)17-23-14-15-24(30)18-25(23)31)26(28(35)32-29(2,3)4)16-21-8-6-5-7-9-21/h5-15,18,26H,16-17,19H2,1-4H3,(H,32,35)/t26-/m0/s1. The molecule has 0 radical (unpaired) electrons. The van der Waals surface area contributed by atoms with Crippen LogP contribution in [0.3, 0.4) is 0 Å². The molecule has 2 amide bonds. The fraction of sp³-hybridized carbons (Fsp3) is 0.310. The first-order chi connectivity index (χ1) is 16.5. The SMILES string of the molecule is Cc1ccc(CN(C(=O)Cc2ccc(Cl)cc2Cl)[C@@H](Cc2ccccc2)C(=O)NC(C)(C)C)cc1. The van der Waals surface area contributed by atoms with Crippen LogP contribution < -0.4 is 5.32 Å². The first-order valence-corrected chi connectivity index (χ1v) is 12.4. The van der Waals surface area contributed by atoms with Crippen molar-refractivity contribution in [2.75, 3.05) is 0 Å². The van der Waals surface area contributed by atoms with Gasteiger partial charge in [0.15, 0.2) is 0 Å². The molecule has 0 saturated heterocycles. The van der Waals surface area contributed by atoms with Gasteiger partial charge >= 0.3 is 0 Å². The van der Waals surface area contributed by atoms with E-state index in [1.54, 1.807) is 23.1 Å². The van der Waals surface area contributed by atoms with Crippen LogP contribution in [-0.4, -0.2) is 28.3 Å². The lowest BCUT2D eigenvalue weighted by Gasteiger charge is -2.34. The molecule has 0 aromatic heterocycles. The summed E-state index contributed by atoms with van der Waals surface area (Å²) in [5, 5.41) is 4.02. The molecular formula is C29H32Cl2N2O2. The molecule has 0 fully saturated rings. The van der Waals surface area contributed by atoms with Crippen LogP contribution >= 0.6 is 23.2 Å². The van der Waals surface area contributed by atoms with Crippen molar-refractivity contribution in [2.24, 2.45) is 0 Å². The van der Waals surface area contributed by atoms with Crippen molar-refractivity contribution in [1.82, 2.24) is 10.2 Å². The maximum Gasteiger partial charge on any atom is 0.243 e. The fourth-order valence-corrected chi connectivity index (χ4v) is 4.30. The number of amides is 2. The van der Waals surface area contributed by atoms with E-state index >= 15 is 0 Å². The number of aryl methyl sites for hydroxylation is 1. The molecular weight excluding hydrogens is 479 g/mol. The fourth-order valence-electron chi connectivity index (χ4n) is 3.83. The minimum Gasteiger partial charge on any atom is -0.350 e. The molecule has 35 heavy (non-hydrogen) atoms. The largest absolute Gasteiger partial charge is 0.350 e. The van der Waals surface area contributed by atoms with Crippen LogP contribution in [0.2, 0.25) is 10.0 Å². The van der Waals surface area contributed by atoms with E-state index < -0.39 is 11.6 Å². The van der Waals surface area contributed by atoms with Gasteiger partial charge in [0, 0.05) is 28.5 Å². The lowest BCUT2D eigenvalue weighted by molar-refractivity contribution is -0.141. The Kier molecular flexibility index (Phi) is 8.98. The summed E-state index contributed by atoms with van der Waals surface area (Å²) in [5.74, 6) is -0.371. The smallest absolute Gasteiger partial charge is 0.243 e. The Morgan fingerprint density at radius 1 is 0.914 bits per heavy atom. The predicted octanol–water partition coefficient (Wildman–Crippen LogP) is 6.40. The molecule has 3 aromatic carbocycles. The maximum absolute atomic E-state index is 13.8. The first-order valence-electron chi connectivity index (χ1n) is 11.7. The number of rotatable bonds is 8. The van der Waals surface area contributed by atoms with E-state index in [0.717, 1.165) is 16.7 Å². The topological polar surface area (TPSA) is 49.4 Å². The second-order valence-electron chi connectivity index (χ2n) is 9.86. The molecule has 4 nitrogen and oxygen atoms in total. The van der Waals surface area contributed by atoms with Crippen LogP contribution in [0.5, 0.6) is 0 Å². The molecule has 1 atom stereocenters. The molecule has 0 aliphatic carbocycles. The number of nitrogens with zero attached hydrogens (tertiary/aromatic N) is 1. The molecule has 0 unspecified atom stereocenters. The zero-order valence-corrected chi connectivity index (χ0v) is 22.2. The number of carbonyl (C=O) groups is 2. The van der Waals surface area contributed by atoms with Crippen molar-refractivity contribution in [3.8, 4) is 0 Å². The van der Waals surface area contributed by atoms with Crippen LogP contribution in [0.4, 0.5) is 0 Å². The van der Waals surface area contributed by atoms with Gasteiger partial charge in [-0.2, -0.15) is 0 Å². The van der Waals surface area contributed by atoms with Crippen LogP contribution in [-0.2, 0) is 29.0 Å². The van der Waals surface area contributed by atoms with Gasteiger partial charge in [0.1, 0.15) is 6.04 Å². The summed E-state index contributed by atoms with van der Waals surface area (Å²) in [5.41, 5.74) is 3.29. The van der Waals surface area contributed by atoms with Crippen molar-refractivity contribution >= 4 is 35.0 Å². The van der Waals surface area contributed by atoms with Crippen LogP contribution in [0.15, 0.2) is 72.8 Å². The van der Waals surface area contributed by atoms with Gasteiger partial charge in [-0.3, -0.25) is 9.59 Å². The number of halogens is 2. The van der Waals surface area contributed by atoms with E-state index in [1.165, 1.54) is 0 Å². The molecule has 0 heterocycles. The molecule has 3 aromatic rings. The van der Waals surface area contributed by atoms with Crippen molar-refractivity contribution in [3.63, 3.8) is 0 Å². The molecule has 6 heteroatoms. The summed E-state index contributed by atoms with van der Waals surface area (Å²) in [6, 6.07) is 22.2. The maximum atomic E-state index is 13.8. The van der Waals surface area contributed by atoms with E-state index in [1.807, 2.05) is 82.3 Å². The number of benzene rings is 3. The van der Waals surface area contributed by atoms with Gasteiger partial charge in [-0.1, -0.05) is 89.4 Å². The second kappa shape index (κ2) is 11.7. The Balaban J connectivity index is 2.00. The molecule has 0 aliphatic rings. The highest BCUT2D eigenvalue weighted by Gasteiger charge is 2.32. The average Bonchev–Trinajstić information content (AvgIpc) is 2.78. The lowest BCUT2D eigenvalue weighted by Crippen LogP contribution is -2.54. The number of hydrogen-bond donors (Lipinski definition) is 1. The summed E-state index contributed by atoms with van der Waals surface area (Å²) < 4.78 is 0. The monoisotopic (exact) mass is 510 g/mol. The Labute approximate surface area is 218 Å². The van der Waals surface area contributed by atoms with Crippen LogP contribution in [0.25, 0.3) is 0 Å². The van der Waals surface area contributed by atoms with Crippen molar-refractivity contribution in [3.05, 3.63) is 105 Å². The summed E-state index contributed by atoms with van der Waals surface area (Å²) in [6.07, 6.45) is 0.463. The van der Waals surface area contributed by atoms with Crippen molar-refractivity contribution < 1.29 is 9.59 Å². The predicted molar refractivity (Wildman–Crippen MR) is 144 cm³/mol. The van der Waals surface area contributed by atoms with Gasteiger partial charge in [-0.25, -0.2) is 0 Å². The molecule has 0 aliphatic heterocycles. The zero-order valence-electron chi connectivity index (χ0n) is 20.6. The number of carbonyl (C=O) groups excluding carboxylic acids is 2. The average molecular weight is 511 g/mol. The molecule has 3 rings (SSSR count). The Hall–Kier alpha value is -2.82. The van der Waals surface area contributed by atoms with Gasteiger partial charge in [0.2, 0.25) is 11.8 Å². The van der Waals surface area contributed by atoms with Gasteiger partial charge < -0.3 is 10.2 Å². The third-order valence-electron chi connectivity index (χ3n) is 5.60. The van der Waals surface area contributed by atoms with E-state index in [-0.39, 0.29) is 18.2 Å². The molecule has 0 bridgehead atoms. The summed E-state index contributed by atoms with van der Waals surface area (Å²) in [6.45, 7) is 8.13. The normalized spacial score (nSPS) is 12.2. The van der Waals surface area contributed by atoms with Crippen molar-refractivity contribution in [2.45, 2.75) is 58.7 Å². The number of nitrogens with one attached hydrogen (secondary N) is 1. The van der Waals surface area contributed by atoms with Crippen LogP contribution in [0.1, 0.15) is 43.0 Å². The van der Waals surface area contributed by atoms with Gasteiger partial charge in [0.25, 0.3) is 0 Å². The van der Waals surface area contributed by atoms with E-state index in [9.17, 15) is 9.59 Å². The third kappa shape index (κ3) is 8.12. The van der Waals surface area contributed by atoms with Gasteiger partial charge in [0.05, 0.1) is 6.42 Å². The second-order valence-corrected chi connectivity index (χ2v) is 10.7. The van der Waals surface area contributed by atoms with Gasteiger partial charge in [-0.05, 0) is 56.5 Å². The molecule has 0 spiro atoms. The summed E-state index contributed by atoms with van der Waals surface area (Å²) in [4.78, 5) is 29.0. The Morgan fingerprint density at radius 3 is 2.17 bits per heavy atom. The quantitative estimate of drug-likeness (QED) is 0.381. The molecule has 0 saturated carbocycles. The minimum absolute atomic E-state index is 0.0654. The summed E-state index contributed by atoms with van der Waals surface area (Å²) in [7, 11) is 0. The third-order valence-corrected chi connectivity index (χ3v) is 6.19. The van der Waals surface area contributed by atoms with E-state index in [0.29, 0.717) is 28.6 Å². The summed E-state index contributed by atoms with van der Waals surface area (Å²) >= 11 is 12.4. The van der Waals surface area contributed by atoms with Gasteiger partial charge in [-0.15, -0.1) is 0 Å². The van der Waals surface area contributed by atoms with Crippen molar-refractivity contribution in [1.29, 1.82) is 0 Å². The molecule has 184 valence electrons. The first kappa shape index (κ1) is 26.8. The van der Waals surface area contributed by atoms with E-state index in [4.69, 9.17) is 23.2 Å². The highest BCUT2D eigenvalue weighted by Crippen LogP contribution is 2.24. The highest BCUT2D eigenvalue weighted by atomic mass is 35.5. The number of hydrogen-bond acceptors (Lipinski definition) is 2.